The molecule has 0 unspecified atom stereocenters. The Morgan fingerprint density at radius 3 is 2.67 bits per heavy atom. The summed E-state index contributed by atoms with van der Waals surface area (Å²) in [6.07, 6.45) is 1.71. The Hall–Kier alpha value is -4.01. The maximum absolute atomic E-state index is 13.4. The van der Waals surface area contributed by atoms with E-state index >= 15 is 0 Å². The van der Waals surface area contributed by atoms with Gasteiger partial charge in [0.1, 0.15) is 5.82 Å². The first-order chi connectivity index (χ1) is 14.4. The van der Waals surface area contributed by atoms with Crippen molar-refractivity contribution >= 4 is 28.6 Å². The minimum atomic E-state index is -0.506. The van der Waals surface area contributed by atoms with Gasteiger partial charge in [0.05, 0.1) is 5.69 Å². The standard InChI is InChI=1S/C21H20FN7O/c1-29(2)21-27-19(17-14-7-4-8-15(18(23)30)16(14)11-24-17)26-20(28-21)25-10-12-5-3-6-13(22)9-12/h3-9,11,24H,10H2,1-2H3,(H2,23,30)(H,25,26,27,28). The van der Waals surface area contributed by atoms with Gasteiger partial charge in [-0.25, -0.2) is 4.39 Å². The highest BCUT2D eigenvalue weighted by Gasteiger charge is 2.16. The lowest BCUT2D eigenvalue weighted by molar-refractivity contribution is 0.100. The summed E-state index contributed by atoms with van der Waals surface area (Å²) in [5.41, 5.74) is 7.31. The summed E-state index contributed by atoms with van der Waals surface area (Å²) in [7, 11) is 3.65. The van der Waals surface area contributed by atoms with Gasteiger partial charge in [0.2, 0.25) is 17.8 Å². The average molecular weight is 405 g/mol. The zero-order valence-corrected chi connectivity index (χ0v) is 16.5. The van der Waals surface area contributed by atoms with Crippen molar-refractivity contribution in [1.82, 2.24) is 19.9 Å². The quantitative estimate of drug-likeness (QED) is 0.455. The number of nitrogens with one attached hydrogen (secondary N) is 2. The molecule has 0 spiro atoms. The van der Waals surface area contributed by atoms with E-state index in [0.29, 0.717) is 40.9 Å². The van der Waals surface area contributed by atoms with Crippen LogP contribution in [0.15, 0.2) is 48.7 Å². The number of hydrogen-bond acceptors (Lipinski definition) is 6. The number of hydrogen-bond donors (Lipinski definition) is 3. The fourth-order valence-corrected chi connectivity index (χ4v) is 3.14. The number of nitrogens with two attached hydrogens (primary N) is 1. The third-order valence-electron chi connectivity index (χ3n) is 4.59. The maximum Gasteiger partial charge on any atom is 0.249 e. The van der Waals surface area contributed by atoms with Crippen molar-refractivity contribution in [2.75, 3.05) is 24.3 Å². The number of amides is 1. The summed E-state index contributed by atoms with van der Waals surface area (Å²) in [5, 5.41) is 4.59. The van der Waals surface area contributed by atoms with Crippen molar-refractivity contribution in [1.29, 1.82) is 0 Å². The van der Waals surface area contributed by atoms with E-state index in [2.05, 4.69) is 25.3 Å². The Kier molecular flexibility index (Phi) is 5.01. The Labute approximate surface area is 172 Å². The number of anilines is 2. The van der Waals surface area contributed by atoms with Crippen LogP contribution in [0.25, 0.3) is 22.3 Å². The molecule has 0 radical (unpaired) electrons. The van der Waals surface area contributed by atoms with Gasteiger partial charge in [0, 0.05) is 43.2 Å². The van der Waals surface area contributed by atoms with Gasteiger partial charge >= 0.3 is 0 Å². The minimum absolute atomic E-state index is 0.303. The first-order valence-corrected chi connectivity index (χ1v) is 9.24. The van der Waals surface area contributed by atoms with Crippen LogP contribution in [0.1, 0.15) is 15.9 Å². The van der Waals surface area contributed by atoms with Crippen LogP contribution in [-0.4, -0.2) is 39.9 Å². The monoisotopic (exact) mass is 405 g/mol. The van der Waals surface area contributed by atoms with Crippen LogP contribution in [0.4, 0.5) is 16.3 Å². The van der Waals surface area contributed by atoms with Gasteiger partial charge in [-0.1, -0.05) is 24.3 Å². The van der Waals surface area contributed by atoms with Gasteiger partial charge in [-0.15, -0.1) is 0 Å². The van der Waals surface area contributed by atoms with Crippen molar-refractivity contribution in [3.05, 3.63) is 65.6 Å². The molecule has 9 heteroatoms. The molecule has 2 aromatic carbocycles. The largest absolute Gasteiger partial charge is 0.366 e. The first kappa shape index (κ1) is 19.3. The molecule has 2 heterocycles. The third-order valence-corrected chi connectivity index (χ3v) is 4.59. The van der Waals surface area contributed by atoms with Crippen molar-refractivity contribution in [3.63, 3.8) is 0 Å². The molecule has 30 heavy (non-hydrogen) atoms. The Bertz CT molecular complexity index is 1240. The molecule has 4 N–H and O–H groups in total. The van der Waals surface area contributed by atoms with Crippen LogP contribution in [0.5, 0.6) is 0 Å². The lowest BCUT2D eigenvalue weighted by Gasteiger charge is -2.13. The summed E-state index contributed by atoms with van der Waals surface area (Å²) < 4.78 is 13.4. The topological polar surface area (TPSA) is 113 Å². The van der Waals surface area contributed by atoms with Gasteiger partial charge < -0.3 is 20.9 Å². The number of fused-ring (bicyclic) bond motifs is 1. The number of nitrogens with zero attached hydrogens (tertiary/aromatic N) is 4. The van der Waals surface area contributed by atoms with Gasteiger partial charge in [-0.2, -0.15) is 15.0 Å². The Morgan fingerprint density at radius 1 is 1.13 bits per heavy atom. The van der Waals surface area contributed by atoms with Gasteiger partial charge in [0.25, 0.3) is 0 Å². The van der Waals surface area contributed by atoms with Crippen molar-refractivity contribution in [2.24, 2.45) is 5.73 Å². The highest BCUT2D eigenvalue weighted by molar-refractivity contribution is 6.09. The van der Waals surface area contributed by atoms with Crippen LogP contribution < -0.4 is 16.0 Å². The average Bonchev–Trinajstić information content (AvgIpc) is 3.16. The van der Waals surface area contributed by atoms with E-state index in [1.54, 1.807) is 29.3 Å². The van der Waals surface area contributed by atoms with E-state index in [1.807, 2.05) is 26.2 Å². The molecule has 0 atom stereocenters. The highest BCUT2D eigenvalue weighted by Crippen LogP contribution is 2.29. The van der Waals surface area contributed by atoms with Crippen LogP contribution in [0, 0.1) is 5.82 Å². The van der Waals surface area contributed by atoms with E-state index in [0.717, 1.165) is 10.9 Å². The summed E-state index contributed by atoms with van der Waals surface area (Å²) in [6.45, 7) is 0.353. The molecule has 0 bridgehead atoms. The molecule has 0 fully saturated rings. The first-order valence-electron chi connectivity index (χ1n) is 9.24. The van der Waals surface area contributed by atoms with Crippen LogP contribution in [0.2, 0.25) is 0 Å². The second kappa shape index (κ2) is 7.78. The van der Waals surface area contributed by atoms with E-state index in [4.69, 9.17) is 5.73 Å². The number of primary amides is 1. The van der Waals surface area contributed by atoms with E-state index < -0.39 is 5.91 Å². The number of carbonyl (C=O) groups is 1. The normalized spacial score (nSPS) is 10.9. The number of halogens is 1. The Morgan fingerprint density at radius 2 is 1.93 bits per heavy atom. The molecule has 0 saturated heterocycles. The van der Waals surface area contributed by atoms with Crippen molar-refractivity contribution in [2.45, 2.75) is 6.54 Å². The second-order valence-electron chi connectivity index (χ2n) is 6.96. The van der Waals surface area contributed by atoms with Gasteiger partial charge in [-0.05, 0) is 23.8 Å². The number of aromatic amines is 1. The summed E-state index contributed by atoms with van der Waals surface area (Å²) in [5.74, 6) is 0.403. The number of aromatic nitrogens is 4. The molecule has 0 saturated carbocycles. The van der Waals surface area contributed by atoms with Crippen molar-refractivity contribution in [3.8, 4) is 11.5 Å². The third kappa shape index (κ3) is 3.77. The minimum Gasteiger partial charge on any atom is -0.366 e. The molecule has 1 amide bonds. The second-order valence-corrected chi connectivity index (χ2v) is 6.96. The number of carbonyl (C=O) groups excluding carboxylic acids is 1. The zero-order chi connectivity index (χ0) is 21.3. The maximum atomic E-state index is 13.4. The molecule has 4 aromatic rings. The molecule has 0 aliphatic rings. The molecule has 152 valence electrons. The molecule has 4 rings (SSSR count). The highest BCUT2D eigenvalue weighted by atomic mass is 19.1. The van der Waals surface area contributed by atoms with Gasteiger partial charge in [-0.3, -0.25) is 4.79 Å². The zero-order valence-electron chi connectivity index (χ0n) is 16.5. The van der Waals surface area contributed by atoms with Crippen LogP contribution >= 0.6 is 0 Å². The fraction of sp³-hybridized carbons (Fsp3) is 0.143. The van der Waals surface area contributed by atoms with Crippen molar-refractivity contribution < 1.29 is 9.18 Å². The van der Waals surface area contributed by atoms with Gasteiger partial charge in [0.15, 0.2) is 5.82 Å². The molecule has 8 nitrogen and oxygen atoms in total. The molecule has 2 aromatic heterocycles. The predicted molar refractivity (Wildman–Crippen MR) is 114 cm³/mol. The smallest absolute Gasteiger partial charge is 0.249 e. The van der Waals surface area contributed by atoms with Crippen LogP contribution in [0.3, 0.4) is 0 Å². The predicted octanol–water partition coefficient (Wildman–Crippen LogP) is 2.94. The lowest BCUT2D eigenvalue weighted by Crippen LogP contribution is -2.16. The Balaban J connectivity index is 1.74. The molecule has 0 aliphatic carbocycles. The van der Waals surface area contributed by atoms with E-state index in [-0.39, 0.29) is 5.82 Å². The molecule has 0 aliphatic heterocycles. The van der Waals surface area contributed by atoms with E-state index in [9.17, 15) is 9.18 Å². The lowest BCUT2D eigenvalue weighted by atomic mass is 10.1. The summed E-state index contributed by atoms with van der Waals surface area (Å²) >= 11 is 0. The SMILES string of the molecule is CN(C)c1nc(NCc2cccc(F)c2)nc(-c2[nH]cc3c(C(N)=O)cccc23)n1. The summed E-state index contributed by atoms with van der Waals surface area (Å²) in [4.78, 5) is 30.1. The van der Waals surface area contributed by atoms with E-state index in [1.165, 1.54) is 12.1 Å². The number of H-pyrrole nitrogens is 1. The fourth-order valence-electron chi connectivity index (χ4n) is 3.14. The summed E-state index contributed by atoms with van der Waals surface area (Å²) in [6, 6.07) is 11.6. The molecular formula is C21H20FN7O. The number of benzene rings is 2. The van der Waals surface area contributed by atoms with Crippen LogP contribution in [-0.2, 0) is 6.54 Å². The number of rotatable bonds is 6. The molecular weight excluding hydrogens is 385 g/mol.